The molecule has 3 rings (SSSR count). The van der Waals surface area contributed by atoms with Gasteiger partial charge >= 0.3 is 5.76 Å². The second-order valence-electron chi connectivity index (χ2n) is 4.98. The summed E-state index contributed by atoms with van der Waals surface area (Å²) in [5.74, 6) is 0.252. The highest BCUT2D eigenvalue weighted by Crippen LogP contribution is 2.27. The van der Waals surface area contributed by atoms with Gasteiger partial charge in [-0.3, -0.25) is 9.36 Å². The molecule has 0 atom stereocenters. The minimum Gasteiger partial charge on any atom is -0.408 e. The van der Waals surface area contributed by atoms with E-state index in [1.54, 1.807) is 6.07 Å². The van der Waals surface area contributed by atoms with Crippen molar-refractivity contribution in [2.75, 3.05) is 6.54 Å². The number of carbonyl (C=O) groups is 1. The molecular weight excluding hydrogens is 244 g/mol. The van der Waals surface area contributed by atoms with Gasteiger partial charge < -0.3 is 9.73 Å². The maximum Gasteiger partial charge on any atom is 0.419 e. The van der Waals surface area contributed by atoms with Crippen molar-refractivity contribution in [1.82, 2.24) is 9.88 Å². The molecule has 1 amide bonds. The second-order valence-corrected chi connectivity index (χ2v) is 4.98. The van der Waals surface area contributed by atoms with Gasteiger partial charge in [0.25, 0.3) is 0 Å². The van der Waals surface area contributed by atoms with E-state index in [9.17, 15) is 9.59 Å². The fraction of sp³-hybridized carbons (Fsp3) is 0.429. The third-order valence-electron chi connectivity index (χ3n) is 3.42. The van der Waals surface area contributed by atoms with Crippen molar-refractivity contribution >= 4 is 17.0 Å². The first-order valence-corrected chi connectivity index (χ1v) is 6.59. The Balaban J connectivity index is 1.65. The predicted octanol–water partition coefficient (Wildman–Crippen LogP) is 1.51. The van der Waals surface area contributed by atoms with E-state index in [0.717, 1.165) is 12.1 Å². The lowest BCUT2D eigenvalue weighted by Gasteiger charge is -2.04. The molecule has 5 nitrogen and oxygen atoms in total. The van der Waals surface area contributed by atoms with Gasteiger partial charge in [-0.05, 0) is 30.9 Å². The second kappa shape index (κ2) is 4.91. The van der Waals surface area contributed by atoms with Crippen molar-refractivity contribution < 1.29 is 9.21 Å². The lowest BCUT2D eigenvalue weighted by atomic mass is 10.3. The van der Waals surface area contributed by atoms with Crippen LogP contribution in [0.3, 0.4) is 0 Å². The normalized spacial score (nSPS) is 14.7. The summed E-state index contributed by atoms with van der Waals surface area (Å²) in [6.45, 7) is 1.12. The summed E-state index contributed by atoms with van der Waals surface area (Å²) >= 11 is 0. The molecule has 0 saturated heterocycles. The van der Waals surface area contributed by atoms with Gasteiger partial charge in [0.05, 0.1) is 5.52 Å². The van der Waals surface area contributed by atoms with Gasteiger partial charge in [-0.25, -0.2) is 4.79 Å². The van der Waals surface area contributed by atoms with E-state index < -0.39 is 5.76 Å². The molecule has 100 valence electrons. The minimum absolute atomic E-state index is 0.0101. The zero-order chi connectivity index (χ0) is 13.2. The number of aryl methyl sites for hydroxylation is 1. The molecule has 0 bridgehead atoms. The first kappa shape index (κ1) is 12.0. The molecule has 2 aromatic rings. The van der Waals surface area contributed by atoms with Crippen LogP contribution in [0.25, 0.3) is 11.1 Å². The lowest BCUT2D eigenvalue weighted by molar-refractivity contribution is -0.121. The van der Waals surface area contributed by atoms with E-state index in [0.29, 0.717) is 24.5 Å². The Morgan fingerprint density at radius 2 is 2.16 bits per heavy atom. The van der Waals surface area contributed by atoms with Crippen LogP contribution in [-0.2, 0) is 11.3 Å². The van der Waals surface area contributed by atoms with Crippen LogP contribution >= 0.6 is 0 Å². The first-order chi connectivity index (χ1) is 9.24. The molecule has 1 saturated carbocycles. The maximum atomic E-state index is 11.7. The zero-order valence-electron chi connectivity index (χ0n) is 10.6. The number of nitrogens with one attached hydrogen (secondary N) is 1. The smallest absolute Gasteiger partial charge is 0.408 e. The number of fused-ring (bicyclic) bond motifs is 1. The van der Waals surface area contributed by atoms with Crippen LogP contribution in [0.4, 0.5) is 0 Å². The highest BCUT2D eigenvalue weighted by molar-refractivity contribution is 5.76. The summed E-state index contributed by atoms with van der Waals surface area (Å²) in [6, 6.07) is 7.24. The molecular formula is C14H16N2O3. The number of aromatic nitrogens is 1. The summed E-state index contributed by atoms with van der Waals surface area (Å²) in [6.07, 6.45) is 2.73. The maximum absolute atomic E-state index is 11.7. The van der Waals surface area contributed by atoms with Gasteiger partial charge in [-0.2, -0.15) is 0 Å². The summed E-state index contributed by atoms with van der Waals surface area (Å²) < 4.78 is 6.62. The molecule has 19 heavy (non-hydrogen) atoms. The van der Waals surface area contributed by atoms with Crippen LogP contribution in [-0.4, -0.2) is 17.0 Å². The van der Waals surface area contributed by atoms with Crippen LogP contribution < -0.4 is 11.1 Å². The molecule has 0 unspecified atom stereocenters. The Bertz CT molecular complexity index is 652. The summed E-state index contributed by atoms with van der Waals surface area (Å²) in [4.78, 5) is 23.4. The molecule has 0 spiro atoms. The van der Waals surface area contributed by atoms with Crippen LogP contribution in [0.2, 0.25) is 0 Å². The number of hydrogen-bond acceptors (Lipinski definition) is 3. The number of hydrogen-bond donors (Lipinski definition) is 1. The highest BCUT2D eigenvalue weighted by Gasteiger charge is 2.21. The largest absolute Gasteiger partial charge is 0.419 e. The van der Waals surface area contributed by atoms with Crippen molar-refractivity contribution in [1.29, 1.82) is 0 Å². The topological polar surface area (TPSA) is 64.2 Å². The van der Waals surface area contributed by atoms with Gasteiger partial charge in [0.1, 0.15) is 0 Å². The Kier molecular flexibility index (Phi) is 3.11. The Hall–Kier alpha value is -2.04. The van der Waals surface area contributed by atoms with Gasteiger partial charge in [-0.15, -0.1) is 0 Å². The average molecular weight is 260 g/mol. The lowest BCUT2D eigenvalue weighted by Crippen LogP contribution is -2.27. The summed E-state index contributed by atoms with van der Waals surface area (Å²) in [5.41, 5.74) is 1.30. The van der Waals surface area contributed by atoms with E-state index >= 15 is 0 Å². The van der Waals surface area contributed by atoms with E-state index in [1.165, 1.54) is 17.4 Å². The number of nitrogens with zero attached hydrogens (tertiary/aromatic N) is 1. The van der Waals surface area contributed by atoms with Crippen LogP contribution in [0.15, 0.2) is 33.5 Å². The van der Waals surface area contributed by atoms with Gasteiger partial charge in [0, 0.05) is 19.5 Å². The molecule has 1 aliphatic rings. The summed E-state index contributed by atoms with van der Waals surface area (Å²) in [7, 11) is 0. The predicted molar refractivity (Wildman–Crippen MR) is 70.8 cm³/mol. The van der Waals surface area contributed by atoms with E-state index in [1.807, 2.05) is 18.2 Å². The van der Waals surface area contributed by atoms with E-state index in [2.05, 4.69) is 5.32 Å². The number of benzene rings is 1. The fourth-order valence-corrected chi connectivity index (χ4v) is 2.11. The molecule has 1 aromatic carbocycles. The van der Waals surface area contributed by atoms with Crippen molar-refractivity contribution in [2.45, 2.75) is 25.8 Å². The molecule has 1 N–H and O–H groups in total. The number of oxazole rings is 1. The molecule has 0 radical (unpaired) electrons. The number of para-hydroxylation sites is 2. The number of carbonyl (C=O) groups excluding carboxylic acids is 1. The van der Waals surface area contributed by atoms with Gasteiger partial charge in [0.15, 0.2) is 5.58 Å². The monoisotopic (exact) mass is 260 g/mol. The highest BCUT2D eigenvalue weighted by atomic mass is 16.4. The van der Waals surface area contributed by atoms with Gasteiger partial charge in [0.2, 0.25) is 5.91 Å². The fourth-order valence-electron chi connectivity index (χ4n) is 2.11. The summed E-state index contributed by atoms with van der Waals surface area (Å²) in [5, 5.41) is 2.89. The van der Waals surface area contributed by atoms with Crippen LogP contribution in [0.1, 0.15) is 19.3 Å². The Labute approximate surface area is 110 Å². The van der Waals surface area contributed by atoms with Crippen molar-refractivity contribution in [2.24, 2.45) is 5.92 Å². The van der Waals surface area contributed by atoms with E-state index in [4.69, 9.17) is 4.42 Å². The zero-order valence-corrected chi connectivity index (χ0v) is 10.6. The number of amides is 1. The van der Waals surface area contributed by atoms with Crippen molar-refractivity contribution in [3.05, 3.63) is 34.8 Å². The third-order valence-corrected chi connectivity index (χ3v) is 3.42. The molecule has 5 heteroatoms. The SMILES string of the molecule is O=C(CCn1c(=O)oc2ccccc21)NCC1CC1. The number of rotatable bonds is 5. The standard InChI is InChI=1S/C14H16N2O3/c17-13(15-9-10-5-6-10)7-8-16-11-3-1-2-4-12(11)19-14(16)18/h1-4,10H,5-9H2,(H,15,17). The average Bonchev–Trinajstić information content (AvgIpc) is 3.17. The molecule has 1 aromatic heterocycles. The molecule has 1 aliphatic carbocycles. The first-order valence-electron chi connectivity index (χ1n) is 6.59. The Morgan fingerprint density at radius 3 is 2.95 bits per heavy atom. The Morgan fingerprint density at radius 1 is 1.37 bits per heavy atom. The quantitative estimate of drug-likeness (QED) is 0.886. The van der Waals surface area contributed by atoms with E-state index in [-0.39, 0.29) is 5.91 Å². The van der Waals surface area contributed by atoms with Crippen LogP contribution in [0.5, 0.6) is 0 Å². The molecule has 1 fully saturated rings. The van der Waals surface area contributed by atoms with Crippen molar-refractivity contribution in [3.63, 3.8) is 0 Å². The molecule has 1 heterocycles. The van der Waals surface area contributed by atoms with Crippen molar-refractivity contribution in [3.8, 4) is 0 Å². The third kappa shape index (κ3) is 2.70. The van der Waals surface area contributed by atoms with Gasteiger partial charge in [-0.1, -0.05) is 12.1 Å². The van der Waals surface area contributed by atoms with Crippen LogP contribution in [0, 0.1) is 5.92 Å². The minimum atomic E-state index is -0.406. The molecule has 0 aliphatic heterocycles.